The van der Waals surface area contributed by atoms with E-state index < -0.39 is 0 Å². The van der Waals surface area contributed by atoms with Crippen LogP contribution in [-0.2, 0) is 0 Å². The highest BCUT2D eigenvalue weighted by Gasteiger charge is 2.20. The molecule has 3 heterocycles. The summed E-state index contributed by atoms with van der Waals surface area (Å²) in [7, 11) is 0. The van der Waals surface area contributed by atoms with Crippen LogP contribution in [-0.4, -0.2) is 19.7 Å². The van der Waals surface area contributed by atoms with E-state index in [0.29, 0.717) is 17.3 Å². The zero-order valence-electron chi connectivity index (χ0n) is 17.0. The van der Waals surface area contributed by atoms with Gasteiger partial charge in [0.15, 0.2) is 0 Å². The SMILES string of the molecule is Cc1ccc(F)c(-c2cc(Nc3ccnc4cnn(C5CCCCC5)c34)ccn2)c1. The lowest BCUT2D eigenvalue weighted by Crippen LogP contribution is -2.14. The summed E-state index contributed by atoms with van der Waals surface area (Å²) >= 11 is 0. The number of aromatic nitrogens is 4. The molecule has 0 unspecified atom stereocenters. The van der Waals surface area contributed by atoms with Crippen LogP contribution in [0.25, 0.3) is 22.3 Å². The van der Waals surface area contributed by atoms with Gasteiger partial charge in [0.25, 0.3) is 0 Å². The summed E-state index contributed by atoms with van der Waals surface area (Å²) < 4.78 is 16.5. The van der Waals surface area contributed by atoms with Crippen molar-refractivity contribution in [3.05, 3.63) is 66.4 Å². The molecule has 5 nitrogen and oxygen atoms in total. The molecule has 0 spiro atoms. The molecule has 1 aromatic carbocycles. The second-order valence-electron chi connectivity index (χ2n) is 8.01. The summed E-state index contributed by atoms with van der Waals surface area (Å²) in [5, 5.41) is 8.15. The molecule has 0 atom stereocenters. The van der Waals surface area contributed by atoms with Gasteiger partial charge in [-0.2, -0.15) is 5.10 Å². The molecular weight excluding hydrogens is 377 g/mol. The largest absolute Gasteiger partial charge is 0.354 e. The Morgan fingerprint density at radius 2 is 1.83 bits per heavy atom. The molecular formula is C24H24FN5. The van der Waals surface area contributed by atoms with E-state index >= 15 is 0 Å². The van der Waals surface area contributed by atoms with Crippen LogP contribution in [0, 0.1) is 12.7 Å². The van der Waals surface area contributed by atoms with Crippen molar-refractivity contribution in [2.75, 3.05) is 5.32 Å². The van der Waals surface area contributed by atoms with Crippen LogP contribution in [0.15, 0.2) is 55.0 Å². The summed E-state index contributed by atoms with van der Waals surface area (Å²) in [5.41, 5.74) is 5.81. The Labute approximate surface area is 175 Å². The maximum absolute atomic E-state index is 14.4. The third kappa shape index (κ3) is 3.54. The van der Waals surface area contributed by atoms with Gasteiger partial charge in [-0.15, -0.1) is 0 Å². The van der Waals surface area contributed by atoms with Gasteiger partial charge in [-0.05, 0) is 50.1 Å². The minimum absolute atomic E-state index is 0.271. The normalized spacial score (nSPS) is 14.9. The first-order valence-corrected chi connectivity index (χ1v) is 10.5. The average molecular weight is 401 g/mol. The fraction of sp³-hybridized carbons (Fsp3) is 0.292. The number of nitrogens with one attached hydrogen (secondary N) is 1. The molecule has 0 amide bonds. The standard InChI is InChI=1S/C24H24FN5/c1-16-7-8-20(25)19(13-16)22-14-17(9-11-26-22)29-21-10-12-27-23-15-28-30(24(21)23)18-5-3-2-4-6-18/h7-15,18H,2-6H2,1H3,(H,26,27,29). The van der Waals surface area contributed by atoms with E-state index in [1.807, 2.05) is 37.4 Å². The monoisotopic (exact) mass is 401 g/mol. The Balaban J connectivity index is 1.52. The third-order valence-electron chi connectivity index (χ3n) is 5.84. The van der Waals surface area contributed by atoms with Crippen molar-refractivity contribution in [2.24, 2.45) is 0 Å². The number of hydrogen-bond donors (Lipinski definition) is 1. The smallest absolute Gasteiger partial charge is 0.132 e. The first-order valence-electron chi connectivity index (χ1n) is 10.5. The Bertz CT molecular complexity index is 1190. The summed E-state index contributed by atoms with van der Waals surface area (Å²) in [6, 6.07) is 11.2. The van der Waals surface area contributed by atoms with Gasteiger partial charge in [-0.25, -0.2) is 4.39 Å². The number of aryl methyl sites for hydroxylation is 1. The van der Waals surface area contributed by atoms with E-state index in [9.17, 15) is 4.39 Å². The van der Waals surface area contributed by atoms with E-state index in [1.165, 1.54) is 25.3 Å². The van der Waals surface area contributed by atoms with Gasteiger partial charge in [0.05, 0.1) is 23.6 Å². The van der Waals surface area contributed by atoms with E-state index in [2.05, 4.69) is 25.1 Å². The van der Waals surface area contributed by atoms with E-state index in [4.69, 9.17) is 0 Å². The van der Waals surface area contributed by atoms with E-state index in [0.717, 1.165) is 40.8 Å². The highest BCUT2D eigenvalue weighted by molar-refractivity contribution is 5.90. The minimum Gasteiger partial charge on any atom is -0.354 e. The molecule has 30 heavy (non-hydrogen) atoms. The van der Waals surface area contributed by atoms with Crippen LogP contribution in [0.1, 0.15) is 43.7 Å². The molecule has 0 radical (unpaired) electrons. The molecule has 1 N–H and O–H groups in total. The second kappa shape index (κ2) is 7.86. The van der Waals surface area contributed by atoms with Crippen LogP contribution in [0.5, 0.6) is 0 Å². The van der Waals surface area contributed by atoms with Crippen molar-refractivity contribution in [3.63, 3.8) is 0 Å². The predicted octanol–water partition coefficient (Wildman–Crippen LogP) is 6.19. The zero-order valence-corrected chi connectivity index (χ0v) is 17.0. The predicted molar refractivity (Wildman–Crippen MR) is 117 cm³/mol. The minimum atomic E-state index is -0.271. The van der Waals surface area contributed by atoms with Crippen LogP contribution >= 0.6 is 0 Å². The summed E-state index contributed by atoms with van der Waals surface area (Å²) in [6.07, 6.45) is 11.4. The van der Waals surface area contributed by atoms with Gasteiger partial charge >= 0.3 is 0 Å². The molecule has 3 aromatic heterocycles. The van der Waals surface area contributed by atoms with Crippen molar-refractivity contribution in [1.29, 1.82) is 0 Å². The van der Waals surface area contributed by atoms with Gasteiger partial charge in [0, 0.05) is 23.6 Å². The molecule has 1 fully saturated rings. The van der Waals surface area contributed by atoms with Crippen molar-refractivity contribution < 1.29 is 4.39 Å². The van der Waals surface area contributed by atoms with Gasteiger partial charge < -0.3 is 5.32 Å². The van der Waals surface area contributed by atoms with Gasteiger partial charge in [0.1, 0.15) is 16.9 Å². The molecule has 1 saturated carbocycles. The summed E-state index contributed by atoms with van der Waals surface area (Å²) in [5.74, 6) is -0.271. The number of rotatable bonds is 4. The molecule has 0 aliphatic heterocycles. The molecule has 1 aliphatic carbocycles. The first-order chi connectivity index (χ1) is 14.7. The fourth-order valence-electron chi connectivity index (χ4n) is 4.33. The van der Waals surface area contributed by atoms with Crippen molar-refractivity contribution in [2.45, 2.75) is 45.1 Å². The second-order valence-corrected chi connectivity index (χ2v) is 8.01. The number of fused-ring (bicyclic) bond motifs is 1. The molecule has 6 heteroatoms. The lowest BCUT2D eigenvalue weighted by Gasteiger charge is -2.23. The fourth-order valence-corrected chi connectivity index (χ4v) is 4.33. The van der Waals surface area contributed by atoms with Crippen LogP contribution in [0.2, 0.25) is 0 Å². The molecule has 0 bridgehead atoms. The Kier molecular flexibility index (Phi) is 4.91. The number of halogens is 1. The molecule has 0 saturated heterocycles. The number of hydrogen-bond acceptors (Lipinski definition) is 4. The van der Waals surface area contributed by atoms with Gasteiger partial charge in [-0.1, -0.05) is 30.9 Å². The van der Waals surface area contributed by atoms with E-state index in [1.54, 1.807) is 18.5 Å². The van der Waals surface area contributed by atoms with E-state index in [-0.39, 0.29) is 5.82 Å². The van der Waals surface area contributed by atoms with Crippen molar-refractivity contribution >= 4 is 22.4 Å². The number of benzene rings is 1. The quantitative estimate of drug-likeness (QED) is 0.443. The molecule has 4 aromatic rings. The maximum atomic E-state index is 14.4. The zero-order chi connectivity index (χ0) is 20.5. The maximum Gasteiger partial charge on any atom is 0.132 e. The van der Waals surface area contributed by atoms with Crippen molar-refractivity contribution in [1.82, 2.24) is 19.7 Å². The van der Waals surface area contributed by atoms with Crippen molar-refractivity contribution in [3.8, 4) is 11.3 Å². The topological polar surface area (TPSA) is 55.6 Å². The summed E-state index contributed by atoms with van der Waals surface area (Å²) in [6.45, 7) is 1.95. The first kappa shape index (κ1) is 18.7. The van der Waals surface area contributed by atoms with Gasteiger partial charge in [-0.3, -0.25) is 14.6 Å². The van der Waals surface area contributed by atoms with Crippen LogP contribution < -0.4 is 5.32 Å². The molecule has 1 aliphatic rings. The Hall–Kier alpha value is -3.28. The Morgan fingerprint density at radius 3 is 2.70 bits per heavy atom. The lowest BCUT2D eigenvalue weighted by molar-refractivity contribution is 0.337. The number of anilines is 2. The van der Waals surface area contributed by atoms with Crippen LogP contribution in [0.3, 0.4) is 0 Å². The highest BCUT2D eigenvalue weighted by Crippen LogP contribution is 2.34. The van der Waals surface area contributed by atoms with Crippen LogP contribution in [0.4, 0.5) is 15.8 Å². The summed E-state index contributed by atoms with van der Waals surface area (Å²) in [4.78, 5) is 8.89. The number of nitrogens with zero attached hydrogens (tertiary/aromatic N) is 4. The van der Waals surface area contributed by atoms with Gasteiger partial charge in [0.2, 0.25) is 0 Å². The number of pyridine rings is 2. The molecule has 5 rings (SSSR count). The molecule has 152 valence electrons. The Morgan fingerprint density at radius 1 is 1.00 bits per heavy atom. The average Bonchev–Trinajstić information content (AvgIpc) is 3.22. The highest BCUT2D eigenvalue weighted by atomic mass is 19.1. The third-order valence-corrected chi connectivity index (χ3v) is 5.84. The lowest BCUT2D eigenvalue weighted by atomic mass is 9.95.